The third-order valence-electron chi connectivity index (χ3n) is 2.82. The van der Waals surface area contributed by atoms with E-state index in [0.29, 0.717) is 0 Å². The average molecular weight is 227 g/mol. The molecule has 2 aromatic carbocycles. The van der Waals surface area contributed by atoms with Crippen LogP contribution in [0.3, 0.4) is 0 Å². The Morgan fingerprint density at radius 1 is 1.19 bits per heavy atom. The van der Waals surface area contributed by atoms with E-state index in [4.69, 9.17) is 0 Å². The third-order valence-corrected chi connectivity index (χ3v) is 4.09. The van der Waals surface area contributed by atoms with Crippen molar-refractivity contribution in [2.75, 3.05) is 5.75 Å². The molecule has 0 fully saturated rings. The van der Waals surface area contributed by atoms with Crippen LogP contribution in [0.1, 0.15) is 18.9 Å². The Hall–Kier alpha value is -1.28. The molecule has 0 amide bonds. The molecule has 2 aromatic rings. The van der Waals surface area contributed by atoms with Gasteiger partial charge in [-0.05, 0) is 29.7 Å². The fourth-order valence-electron chi connectivity index (χ4n) is 2.08. The summed E-state index contributed by atoms with van der Waals surface area (Å²) in [4.78, 5) is 5.81. The smallest absolute Gasteiger partial charge is 0.0715 e. The molecular weight excluding hydrogens is 214 g/mol. The lowest BCUT2D eigenvalue weighted by Crippen LogP contribution is -1.82. The summed E-state index contributed by atoms with van der Waals surface area (Å²) in [5, 5.41) is 2.68. The van der Waals surface area contributed by atoms with Gasteiger partial charge in [-0.1, -0.05) is 25.1 Å². The molecule has 0 saturated carbocycles. The Kier molecular flexibility index (Phi) is 2.44. The van der Waals surface area contributed by atoms with Crippen LogP contribution >= 0.6 is 11.8 Å². The van der Waals surface area contributed by atoms with Gasteiger partial charge in [-0.25, -0.2) is 0 Å². The van der Waals surface area contributed by atoms with Gasteiger partial charge in [0.25, 0.3) is 0 Å². The van der Waals surface area contributed by atoms with Crippen molar-refractivity contribution < 1.29 is 0 Å². The SMILES string of the molecule is CCCSc1ccc2c3c(cccc13)C=N2. The number of hydrogen-bond donors (Lipinski definition) is 0. The molecule has 0 saturated heterocycles. The Labute approximate surface area is 99.6 Å². The quantitative estimate of drug-likeness (QED) is 0.604. The lowest BCUT2D eigenvalue weighted by molar-refractivity contribution is 1.11. The molecule has 0 bridgehead atoms. The highest BCUT2D eigenvalue weighted by atomic mass is 32.2. The second-order valence-corrected chi connectivity index (χ2v) is 5.10. The van der Waals surface area contributed by atoms with Crippen LogP contribution in [0.25, 0.3) is 10.8 Å². The summed E-state index contributed by atoms with van der Waals surface area (Å²) in [6.07, 6.45) is 3.18. The monoisotopic (exact) mass is 227 g/mol. The number of benzene rings is 2. The first-order valence-electron chi connectivity index (χ1n) is 5.63. The van der Waals surface area contributed by atoms with Crippen LogP contribution in [0.15, 0.2) is 40.2 Å². The van der Waals surface area contributed by atoms with E-state index in [1.54, 1.807) is 0 Å². The minimum absolute atomic E-state index is 1.12. The van der Waals surface area contributed by atoms with Gasteiger partial charge in [-0.2, -0.15) is 0 Å². The van der Waals surface area contributed by atoms with Crippen LogP contribution in [0.5, 0.6) is 0 Å². The van der Waals surface area contributed by atoms with Crippen molar-refractivity contribution in [1.82, 2.24) is 0 Å². The van der Waals surface area contributed by atoms with Crippen molar-refractivity contribution >= 4 is 34.4 Å². The number of hydrogen-bond acceptors (Lipinski definition) is 2. The molecule has 1 heterocycles. The molecule has 0 atom stereocenters. The fourth-order valence-corrected chi connectivity index (χ4v) is 3.00. The predicted molar refractivity (Wildman–Crippen MR) is 72.2 cm³/mol. The van der Waals surface area contributed by atoms with Gasteiger partial charge < -0.3 is 0 Å². The Balaban J connectivity index is 2.20. The van der Waals surface area contributed by atoms with Crippen LogP contribution in [0.2, 0.25) is 0 Å². The molecule has 16 heavy (non-hydrogen) atoms. The molecular formula is C14H13NS. The Morgan fingerprint density at radius 2 is 2.12 bits per heavy atom. The summed E-state index contributed by atoms with van der Waals surface area (Å²) >= 11 is 1.94. The molecule has 0 radical (unpaired) electrons. The summed E-state index contributed by atoms with van der Waals surface area (Å²) in [5.74, 6) is 1.18. The van der Waals surface area contributed by atoms with Gasteiger partial charge in [0.05, 0.1) is 5.69 Å². The maximum absolute atomic E-state index is 4.43. The van der Waals surface area contributed by atoms with Gasteiger partial charge in [-0.15, -0.1) is 11.8 Å². The molecule has 0 aliphatic carbocycles. The van der Waals surface area contributed by atoms with Crippen LogP contribution in [0.4, 0.5) is 5.69 Å². The summed E-state index contributed by atoms with van der Waals surface area (Å²) in [7, 11) is 0. The Bertz CT molecular complexity index is 560. The summed E-state index contributed by atoms with van der Waals surface area (Å²) in [6, 6.07) is 10.8. The second kappa shape index (κ2) is 3.95. The highest BCUT2D eigenvalue weighted by Crippen LogP contribution is 2.38. The van der Waals surface area contributed by atoms with Crippen LogP contribution < -0.4 is 0 Å². The molecule has 0 N–H and O–H groups in total. The predicted octanol–water partition coefficient (Wildman–Crippen LogP) is 4.41. The van der Waals surface area contributed by atoms with Crippen LogP contribution in [-0.2, 0) is 0 Å². The largest absolute Gasteiger partial charge is 0.256 e. The average Bonchev–Trinajstić information content (AvgIpc) is 2.74. The standard InChI is InChI=1S/C14H13NS/c1-2-8-16-13-7-6-12-14-10(9-15-12)4-3-5-11(13)14/h3-7,9H,2,8H2,1H3. The van der Waals surface area contributed by atoms with Crippen molar-refractivity contribution in [3.05, 3.63) is 35.9 Å². The molecule has 1 aliphatic heterocycles. The maximum atomic E-state index is 4.43. The fraction of sp³-hybridized carbons (Fsp3) is 0.214. The van der Waals surface area contributed by atoms with Gasteiger partial charge in [-0.3, -0.25) is 4.99 Å². The minimum atomic E-state index is 1.12. The van der Waals surface area contributed by atoms with E-state index in [1.807, 2.05) is 18.0 Å². The molecule has 0 spiro atoms. The van der Waals surface area contributed by atoms with Crippen molar-refractivity contribution in [1.29, 1.82) is 0 Å². The van der Waals surface area contributed by atoms with E-state index in [9.17, 15) is 0 Å². The molecule has 80 valence electrons. The van der Waals surface area contributed by atoms with E-state index in [-0.39, 0.29) is 0 Å². The summed E-state index contributed by atoms with van der Waals surface area (Å²) < 4.78 is 0. The highest BCUT2D eigenvalue weighted by Gasteiger charge is 2.12. The zero-order chi connectivity index (χ0) is 11.0. The highest BCUT2D eigenvalue weighted by molar-refractivity contribution is 7.99. The summed E-state index contributed by atoms with van der Waals surface area (Å²) in [6.45, 7) is 2.22. The molecule has 2 heteroatoms. The Morgan fingerprint density at radius 3 is 3.00 bits per heavy atom. The van der Waals surface area contributed by atoms with Crippen molar-refractivity contribution in [2.24, 2.45) is 4.99 Å². The summed E-state index contributed by atoms with van der Waals surface area (Å²) in [5.41, 5.74) is 2.37. The molecule has 1 aliphatic rings. The molecule has 0 aromatic heterocycles. The zero-order valence-corrected chi connectivity index (χ0v) is 10.1. The third kappa shape index (κ3) is 1.45. The molecule has 0 unspecified atom stereocenters. The maximum Gasteiger partial charge on any atom is 0.0715 e. The van der Waals surface area contributed by atoms with Gasteiger partial charge >= 0.3 is 0 Å². The van der Waals surface area contributed by atoms with Crippen LogP contribution in [-0.4, -0.2) is 12.0 Å². The van der Waals surface area contributed by atoms with Gasteiger partial charge in [0, 0.05) is 22.1 Å². The first kappa shape index (κ1) is 9.91. The molecule has 1 nitrogen and oxygen atoms in total. The van der Waals surface area contributed by atoms with Crippen molar-refractivity contribution in [3.8, 4) is 0 Å². The van der Waals surface area contributed by atoms with E-state index in [2.05, 4.69) is 42.2 Å². The van der Waals surface area contributed by atoms with E-state index < -0.39 is 0 Å². The van der Waals surface area contributed by atoms with E-state index >= 15 is 0 Å². The topological polar surface area (TPSA) is 12.4 Å². The van der Waals surface area contributed by atoms with Crippen LogP contribution in [0, 0.1) is 0 Å². The zero-order valence-electron chi connectivity index (χ0n) is 9.23. The van der Waals surface area contributed by atoms with Crippen molar-refractivity contribution in [2.45, 2.75) is 18.2 Å². The normalized spacial score (nSPS) is 12.6. The number of aliphatic imine (C=N–C) groups is 1. The number of thioether (sulfide) groups is 1. The van der Waals surface area contributed by atoms with Gasteiger partial charge in [0.15, 0.2) is 0 Å². The first-order valence-corrected chi connectivity index (χ1v) is 6.61. The molecule has 3 rings (SSSR count). The van der Waals surface area contributed by atoms with Gasteiger partial charge in [0.1, 0.15) is 0 Å². The van der Waals surface area contributed by atoms with E-state index in [0.717, 1.165) is 5.69 Å². The number of nitrogens with zero attached hydrogens (tertiary/aromatic N) is 1. The minimum Gasteiger partial charge on any atom is -0.256 e. The second-order valence-electron chi connectivity index (χ2n) is 3.96. The number of rotatable bonds is 3. The van der Waals surface area contributed by atoms with Gasteiger partial charge in [0.2, 0.25) is 0 Å². The van der Waals surface area contributed by atoms with E-state index in [1.165, 1.54) is 33.4 Å². The lowest BCUT2D eigenvalue weighted by Gasteiger charge is -2.06. The lowest BCUT2D eigenvalue weighted by atomic mass is 10.1. The first-order chi connectivity index (χ1) is 7.90. The van der Waals surface area contributed by atoms with Crippen molar-refractivity contribution in [3.63, 3.8) is 0 Å².